The number of nitrogens with one attached hydrogen (secondary N) is 1. The molecule has 0 saturated carbocycles. The van der Waals surface area contributed by atoms with E-state index in [1.807, 2.05) is 31.2 Å². The highest BCUT2D eigenvalue weighted by atomic mass is 19.1. The maximum atomic E-state index is 13.5. The van der Waals surface area contributed by atoms with Gasteiger partial charge in [-0.3, -0.25) is 9.69 Å². The largest absolute Gasteiger partial charge is 0.339 e. The van der Waals surface area contributed by atoms with Crippen molar-refractivity contribution < 1.29 is 13.7 Å². The van der Waals surface area contributed by atoms with Crippen LogP contribution in [0, 0.1) is 5.82 Å². The summed E-state index contributed by atoms with van der Waals surface area (Å²) in [5, 5.41) is 7.04. The molecule has 1 aromatic heterocycles. The number of piperidine rings is 1. The zero-order valence-corrected chi connectivity index (χ0v) is 17.8. The van der Waals surface area contributed by atoms with E-state index in [-0.39, 0.29) is 23.7 Å². The van der Waals surface area contributed by atoms with E-state index in [4.69, 9.17) is 4.52 Å². The van der Waals surface area contributed by atoms with Crippen LogP contribution in [0.25, 0.3) is 11.4 Å². The SMILES string of the molecule is CCc1ccc(NC(=O)C(C)N2CCCC(c3nc(-c4cccc(F)c4)no3)C2)cc1. The number of carbonyl (C=O) groups is 1. The molecule has 6 nitrogen and oxygen atoms in total. The van der Waals surface area contributed by atoms with Crippen molar-refractivity contribution in [1.82, 2.24) is 15.0 Å². The van der Waals surface area contributed by atoms with E-state index in [0.717, 1.165) is 31.5 Å². The van der Waals surface area contributed by atoms with Gasteiger partial charge in [-0.1, -0.05) is 36.3 Å². The van der Waals surface area contributed by atoms with Crippen molar-refractivity contribution in [3.63, 3.8) is 0 Å². The Hall–Kier alpha value is -3.06. The molecule has 1 aliphatic heterocycles. The summed E-state index contributed by atoms with van der Waals surface area (Å²) >= 11 is 0. The van der Waals surface area contributed by atoms with Crippen LogP contribution in [0.1, 0.15) is 44.1 Å². The van der Waals surface area contributed by atoms with Crippen LogP contribution >= 0.6 is 0 Å². The molecule has 1 N–H and O–H groups in total. The smallest absolute Gasteiger partial charge is 0.241 e. The Morgan fingerprint density at radius 1 is 1.29 bits per heavy atom. The van der Waals surface area contributed by atoms with Crippen LogP contribution in [0.5, 0.6) is 0 Å². The minimum Gasteiger partial charge on any atom is -0.339 e. The van der Waals surface area contributed by atoms with Gasteiger partial charge in [0, 0.05) is 17.8 Å². The molecule has 2 unspecified atom stereocenters. The van der Waals surface area contributed by atoms with Gasteiger partial charge in [0.2, 0.25) is 17.6 Å². The predicted octanol–water partition coefficient (Wildman–Crippen LogP) is 4.64. The number of aryl methyl sites for hydroxylation is 1. The van der Waals surface area contributed by atoms with Gasteiger partial charge in [-0.05, 0) is 62.6 Å². The number of benzene rings is 2. The van der Waals surface area contributed by atoms with E-state index in [0.29, 0.717) is 23.8 Å². The molecule has 1 aliphatic rings. The first kappa shape index (κ1) is 21.2. The van der Waals surface area contributed by atoms with Crippen LogP contribution < -0.4 is 5.32 Å². The molecule has 0 bridgehead atoms. The number of rotatable bonds is 6. The second kappa shape index (κ2) is 9.39. The number of carbonyl (C=O) groups excluding carboxylic acids is 1. The minimum atomic E-state index is -0.336. The normalized spacial score (nSPS) is 18.0. The first-order chi connectivity index (χ1) is 15.0. The molecule has 3 aromatic rings. The number of aromatic nitrogens is 2. The van der Waals surface area contributed by atoms with E-state index in [2.05, 4.69) is 27.3 Å². The van der Waals surface area contributed by atoms with Gasteiger partial charge in [0.1, 0.15) is 5.82 Å². The van der Waals surface area contributed by atoms with Crippen molar-refractivity contribution in [2.24, 2.45) is 0 Å². The molecule has 0 aliphatic carbocycles. The summed E-state index contributed by atoms with van der Waals surface area (Å²) in [5.74, 6) is 0.593. The Morgan fingerprint density at radius 2 is 2.10 bits per heavy atom. The summed E-state index contributed by atoms with van der Waals surface area (Å²) in [5.41, 5.74) is 2.63. The Bertz CT molecular complexity index is 1030. The average molecular weight is 423 g/mol. The van der Waals surface area contributed by atoms with Crippen LogP contribution in [0.15, 0.2) is 53.1 Å². The predicted molar refractivity (Wildman–Crippen MR) is 117 cm³/mol. The van der Waals surface area contributed by atoms with Crippen LogP contribution in [0.2, 0.25) is 0 Å². The number of amides is 1. The topological polar surface area (TPSA) is 71.3 Å². The molecule has 1 saturated heterocycles. The van der Waals surface area contributed by atoms with Crippen molar-refractivity contribution in [2.45, 2.75) is 45.1 Å². The second-order valence-corrected chi connectivity index (χ2v) is 8.02. The molecule has 4 rings (SSSR count). The molecular formula is C24H27FN4O2. The molecule has 0 radical (unpaired) electrons. The van der Waals surface area contributed by atoms with Crippen LogP contribution in [-0.4, -0.2) is 40.1 Å². The highest BCUT2D eigenvalue weighted by molar-refractivity contribution is 5.94. The number of likely N-dealkylation sites (tertiary alicyclic amines) is 1. The van der Waals surface area contributed by atoms with Crippen molar-refractivity contribution >= 4 is 11.6 Å². The number of anilines is 1. The zero-order valence-electron chi connectivity index (χ0n) is 17.8. The third kappa shape index (κ3) is 4.99. The van der Waals surface area contributed by atoms with Gasteiger partial charge in [-0.15, -0.1) is 0 Å². The Morgan fingerprint density at radius 3 is 2.84 bits per heavy atom. The molecule has 1 fully saturated rings. The van der Waals surface area contributed by atoms with Gasteiger partial charge in [0.25, 0.3) is 0 Å². The number of hydrogen-bond donors (Lipinski definition) is 1. The summed E-state index contributed by atoms with van der Waals surface area (Å²) in [6, 6.07) is 13.8. The van der Waals surface area contributed by atoms with E-state index in [1.165, 1.54) is 17.7 Å². The van der Waals surface area contributed by atoms with E-state index in [1.54, 1.807) is 12.1 Å². The molecule has 31 heavy (non-hydrogen) atoms. The van der Waals surface area contributed by atoms with Crippen molar-refractivity contribution in [3.05, 3.63) is 65.8 Å². The van der Waals surface area contributed by atoms with Gasteiger partial charge in [0.05, 0.1) is 12.0 Å². The van der Waals surface area contributed by atoms with Gasteiger partial charge < -0.3 is 9.84 Å². The second-order valence-electron chi connectivity index (χ2n) is 8.02. The Kier molecular flexibility index (Phi) is 6.42. The lowest BCUT2D eigenvalue weighted by atomic mass is 9.96. The maximum absolute atomic E-state index is 13.5. The van der Waals surface area contributed by atoms with Crippen LogP contribution in [0.3, 0.4) is 0 Å². The quantitative estimate of drug-likeness (QED) is 0.626. The van der Waals surface area contributed by atoms with Crippen LogP contribution in [0.4, 0.5) is 10.1 Å². The number of nitrogens with zero attached hydrogens (tertiary/aromatic N) is 3. The molecular weight excluding hydrogens is 395 g/mol. The molecule has 2 heterocycles. The molecule has 162 valence electrons. The minimum absolute atomic E-state index is 0.0316. The highest BCUT2D eigenvalue weighted by Crippen LogP contribution is 2.29. The lowest BCUT2D eigenvalue weighted by molar-refractivity contribution is -0.121. The van der Waals surface area contributed by atoms with Crippen molar-refractivity contribution in [2.75, 3.05) is 18.4 Å². The van der Waals surface area contributed by atoms with E-state index >= 15 is 0 Å². The average Bonchev–Trinajstić information content (AvgIpc) is 3.30. The lowest BCUT2D eigenvalue weighted by Gasteiger charge is -2.34. The van der Waals surface area contributed by atoms with Crippen LogP contribution in [-0.2, 0) is 11.2 Å². The summed E-state index contributed by atoms with van der Waals surface area (Å²) in [6.07, 6.45) is 2.82. The molecule has 2 aromatic carbocycles. The lowest BCUT2D eigenvalue weighted by Crippen LogP contribution is -2.46. The Labute approximate surface area is 181 Å². The maximum Gasteiger partial charge on any atom is 0.241 e. The van der Waals surface area contributed by atoms with Crippen molar-refractivity contribution in [1.29, 1.82) is 0 Å². The first-order valence-corrected chi connectivity index (χ1v) is 10.8. The monoisotopic (exact) mass is 422 g/mol. The first-order valence-electron chi connectivity index (χ1n) is 10.8. The van der Waals surface area contributed by atoms with Gasteiger partial charge in [-0.25, -0.2) is 4.39 Å². The summed E-state index contributed by atoms with van der Waals surface area (Å²) in [4.78, 5) is 19.4. The third-order valence-electron chi connectivity index (χ3n) is 5.88. The number of halogens is 1. The standard InChI is InChI=1S/C24H27FN4O2/c1-3-17-9-11-21(12-10-17)26-23(30)16(2)29-13-5-7-19(15-29)24-27-22(28-31-24)18-6-4-8-20(25)14-18/h4,6,8-12,14,16,19H,3,5,7,13,15H2,1-2H3,(H,26,30). The van der Waals surface area contributed by atoms with E-state index < -0.39 is 0 Å². The fourth-order valence-corrected chi connectivity index (χ4v) is 3.94. The highest BCUT2D eigenvalue weighted by Gasteiger charge is 2.31. The third-order valence-corrected chi connectivity index (χ3v) is 5.88. The molecule has 7 heteroatoms. The fraction of sp³-hybridized carbons (Fsp3) is 0.375. The zero-order chi connectivity index (χ0) is 21.8. The number of hydrogen-bond acceptors (Lipinski definition) is 5. The van der Waals surface area contributed by atoms with Gasteiger partial charge in [0.15, 0.2) is 0 Å². The molecule has 0 spiro atoms. The molecule has 2 atom stereocenters. The van der Waals surface area contributed by atoms with Gasteiger partial charge in [-0.2, -0.15) is 4.98 Å². The molecule has 1 amide bonds. The summed E-state index contributed by atoms with van der Waals surface area (Å²) in [7, 11) is 0. The fourth-order valence-electron chi connectivity index (χ4n) is 3.94. The van der Waals surface area contributed by atoms with Gasteiger partial charge >= 0.3 is 0 Å². The Balaban J connectivity index is 1.40. The van der Waals surface area contributed by atoms with E-state index in [9.17, 15) is 9.18 Å². The summed E-state index contributed by atoms with van der Waals surface area (Å²) < 4.78 is 19.0. The summed E-state index contributed by atoms with van der Waals surface area (Å²) in [6.45, 7) is 5.52. The van der Waals surface area contributed by atoms with Crippen molar-refractivity contribution in [3.8, 4) is 11.4 Å².